The van der Waals surface area contributed by atoms with Crippen molar-refractivity contribution in [3.63, 3.8) is 0 Å². The van der Waals surface area contributed by atoms with Gasteiger partial charge in [0.05, 0.1) is 31.2 Å². The average Bonchev–Trinajstić information content (AvgIpc) is 3.74. The minimum atomic E-state index is -0.436. The van der Waals surface area contributed by atoms with Crippen LogP contribution < -0.4 is 20.7 Å². The zero-order chi connectivity index (χ0) is 24.9. The van der Waals surface area contributed by atoms with Gasteiger partial charge in [0.1, 0.15) is 5.75 Å². The molecule has 0 atom stereocenters. The van der Waals surface area contributed by atoms with Crippen LogP contribution >= 0.6 is 0 Å². The Morgan fingerprint density at radius 3 is 2.34 bits per heavy atom. The topological polar surface area (TPSA) is 132 Å². The fraction of sp³-hybridized carbons (Fsp3) is 0.240. The van der Waals surface area contributed by atoms with Crippen molar-refractivity contribution >= 4 is 35.0 Å². The summed E-state index contributed by atoms with van der Waals surface area (Å²) in [4.78, 5) is 36.4. The maximum absolute atomic E-state index is 12.4. The summed E-state index contributed by atoms with van der Waals surface area (Å²) in [6.07, 6.45) is 1.70. The van der Waals surface area contributed by atoms with Crippen molar-refractivity contribution in [1.82, 2.24) is 15.5 Å². The first-order valence-electron chi connectivity index (χ1n) is 11.0. The number of ether oxygens (including phenoxy) is 2. The molecule has 2 aromatic carbocycles. The van der Waals surface area contributed by atoms with Gasteiger partial charge in [0, 0.05) is 24.6 Å². The molecule has 1 aromatic heterocycles. The van der Waals surface area contributed by atoms with Gasteiger partial charge in [-0.2, -0.15) is 0 Å². The molecule has 35 heavy (non-hydrogen) atoms. The van der Waals surface area contributed by atoms with Crippen molar-refractivity contribution in [1.29, 1.82) is 0 Å². The highest BCUT2D eigenvalue weighted by molar-refractivity contribution is 6.00. The maximum Gasteiger partial charge on any atom is 0.337 e. The van der Waals surface area contributed by atoms with Crippen LogP contribution in [0.15, 0.2) is 48.5 Å². The third-order valence-electron chi connectivity index (χ3n) is 5.54. The molecule has 4 rings (SSSR count). The number of nitrogens with one attached hydrogen (secondary N) is 3. The molecule has 3 N–H and O–H groups in total. The van der Waals surface area contributed by atoms with Crippen LogP contribution in [0.2, 0.25) is 0 Å². The predicted octanol–water partition coefficient (Wildman–Crippen LogP) is 3.39. The lowest BCUT2D eigenvalue weighted by atomic mass is 10.0. The Bertz CT molecular complexity index is 1270. The number of para-hydroxylation sites is 1. The molecule has 10 heteroatoms. The van der Waals surface area contributed by atoms with Gasteiger partial charge in [-0.1, -0.05) is 24.3 Å². The SMILES string of the molecule is CNC(=O)c1nnc(NC(=O)C2CC2)cc1Nc1cccc(-c2ccc(C(=O)OC)cc2)c1OC. The van der Waals surface area contributed by atoms with Gasteiger partial charge >= 0.3 is 5.97 Å². The second kappa shape index (κ2) is 10.2. The molecule has 3 aromatic rings. The molecule has 10 nitrogen and oxygen atoms in total. The summed E-state index contributed by atoms with van der Waals surface area (Å²) in [5.74, 6) is -0.224. The molecule has 1 heterocycles. The summed E-state index contributed by atoms with van der Waals surface area (Å²) in [6.45, 7) is 0. The summed E-state index contributed by atoms with van der Waals surface area (Å²) >= 11 is 0. The van der Waals surface area contributed by atoms with E-state index in [-0.39, 0.29) is 23.3 Å². The molecule has 180 valence electrons. The van der Waals surface area contributed by atoms with Gasteiger partial charge < -0.3 is 25.4 Å². The first kappa shape index (κ1) is 23.7. The highest BCUT2D eigenvalue weighted by Gasteiger charge is 2.30. The van der Waals surface area contributed by atoms with Crippen LogP contribution in [0.25, 0.3) is 11.1 Å². The van der Waals surface area contributed by atoms with Crippen molar-refractivity contribution in [2.75, 3.05) is 31.9 Å². The van der Waals surface area contributed by atoms with E-state index in [1.807, 2.05) is 12.1 Å². The molecule has 0 bridgehead atoms. The molecule has 0 saturated heterocycles. The predicted molar refractivity (Wildman–Crippen MR) is 130 cm³/mol. The van der Waals surface area contributed by atoms with Gasteiger partial charge in [-0.25, -0.2) is 4.79 Å². The van der Waals surface area contributed by atoms with Gasteiger partial charge in [0.15, 0.2) is 11.5 Å². The third kappa shape index (κ3) is 5.21. The third-order valence-corrected chi connectivity index (χ3v) is 5.54. The number of hydrogen-bond acceptors (Lipinski definition) is 8. The largest absolute Gasteiger partial charge is 0.494 e. The Hall–Kier alpha value is -4.47. The normalized spacial score (nSPS) is 12.4. The highest BCUT2D eigenvalue weighted by atomic mass is 16.5. The molecule has 0 spiro atoms. The van der Waals surface area contributed by atoms with Crippen LogP contribution in [0.3, 0.4) is 0 Å². The Morgan fingerprint density at radius 1 is 0.971 bits per heavy atom. The minimum Gasteiger partial charge on any atom is -0.494 e. The standard InChI is InChI=1S/C25H25N5O5/c1-26-24(32)21-19(13-20(29-30-21)28-23(31)15-9-10-15)27-18-6-4-5-17(22(18)34-2)14-7-11-16(12-8-14)25(33)35-3/h4-8,11-13,15H,9-10H2,1-3H3,(H,26,32)(H2,27,28,29,31). The number of nitrogens with zero attached hydrogens (tertiary/aromatic N) is 2. The van der Waals surface area contributed by atoms with Gasteiger partial charge in [-0.3, -0.25) is 9.59 Å². The lowest BCUT2D eigenvalue weighted by molar-refractivity contribution is -0.117. The van der Waals surface area contributed by atoms with Crippen LogP contribution in [0.1, 0.15) is 33.7 Å². The van der Waals surface area contributed by atoms with E-state index in [0.717, 1.165) is 24.0 Å². The van der Waals surface area contributed by atoms with E-state index >= 15 is 0 Å². The molecular weight excluding hydrogens is 450 g/mol. The van der Waals surface area contributed by atoms with Crippen molar-refractivity contribution in [3.05, 3.63) is 59.8 Å². The smallest absolute Gasteiger partial charge is 0.337 e. The quantitative estimate of drug-likeness (QED) is 0.423. The number of rotatable bonds is 8. The summed E-state index contributed by atoms with van der Waals surface area (Å²) in [5.41, 5.74) is 2.99. The molecule has 0 aliphatic heterocycles. The number of aromatic nitrogens is 2. The van der Waals surface area contributed by atoms with E-state index in [9.17, 15) is 14.4 Å². The lowest BCUT2D eigenvalue weighted by Crippen LogP contribution is -2.22. The van der Waals surface area contributed by atoms with Gasteiger partial charge in [-0.05, 0) is 36.6 Å². The van der Waals surface area contributed by atoms with Gasteiger partial charge in [0.2, 0.25) is 5.91 Å². The van der Waals surface area contributed by atoms with E-state index in [4.69, 9.17) is 9.47 Å². The van der Waals surface area contributed by atoms with Crippen molar-refractivity contribution in [2.24, 2.45) is 5.92 Å². The zero-order valence-electron chi connectivity index (χ0n) is 19.5. The Labute approximate surface area is 202 Å². The van der Waals surface area contributed by atoms with Gasteiger partial charge in [-0.15, -0.1) is 10.2 Å². The van der Waals surface area contributed by atoms with E-state index in [0.29, 0.717) is 22.7 Å². The number of methoxy groups -OCH3 is 2. The lowest BCUT2D eigenvalue weighted by Gasteiger charge is -2.17. The fourth-order valence-corrected chi connectivity index (χ4v) is 3.54. The summed E-state index contributed by atoms with van der Waals surface area (Å²) in [7, 11) is 4.37. The van der Waals surface area contributed by atoms with Gasteiger partial charge in [0.25, 0.3) is 5.91 Å². The molecule has 1 aliphatic carbocycles. The molecule has 1 aliphatic rings. The van der Waals surface area contributed by atoms with Crippen molar-refractivity contribution in [3.8, 4) is 16.9 Å². The summed E-state index contributed by atoms with van der Waals surface area (Å²) < 4.78 is 10.5. The van der Waals surface area contributed by atoms with Crippen LogP contribution in [-0.2, 0) is 9.53 Å². The monoisotopic (exact) mass is 475 g/mol. The number of esters is 1. The highest BCUT2D eigenvalue weighted by Crippen LogP contribution is 2.38. The number of hydrogen-bond donors (Lipinski definition) is 3. The van der Waals surface area contributed by atoms with Crippen molar-refractivity contribution in [2.45, 2.75) is 12.8 Å². The second-order valence-corrected chi connectivity index (χ2v) is 7.91. The van der Waals surface area contributed by atoms with Crippen LogP contribution in [0.4, 0.5) is 17.2 Å². The van der Waals surface area contributed by atoms with Crippen LogP contribution in [-0.4, -0.2) is 49.2 Å². The number of carbonyl (C=O) groups is 3. The number of anilines is 3. The molecule has 0 radical (unpaired) electrons. The number of benzene rings is 2. The first-order chi connectivity index (χ1) is 16.9. The molecule has 0 unspecified atom stereocenters. The Morgan fingerprint density at radius 2 is 1.71 bits per heavy atom. The number of amides is 2. The fourth-order valence-electron chi connectivity index (χ4n) is 3.54. The summed E-state index contributed by atoms with van der Waals surface area (Å²) in [6, 6.07) is 14.0. The molecule has 2 amide bonds. The average molecular weight is 476 g/mol. The van der Waals surface area contributed by atoms with E-state index in [1.54, 1.807) is 43.5 Å². The van der Waals surface area contributed by atoms with Crippen LogP contribution in [0, 0.1) is 5.92 Å². The van der Waals surface area contributed by atoms with Crippen molar-refractivity contribution < 1.29 is 23.9 Å². The minimum absolute atomic E-state index is 0.00540. The maximum atomic E-state index is 12.4. The molecule has 1 fully saturated rings. The molecular formula is C25H25N5O5. The Balaban J connectivity index is 1.69. The second-order valence-electron chi connectivity index (χ2n) is 7.91. The summed E-state index contributed by atoms with van der Waals surface area (Å²) in [5, 5.41) is 16.5. The van der Waals surface area contributed by atoms with E-state index < -0.39 is 11.9 Å². The van der Waals surface area contributed by atoms with Crippen LogP contribution in [0.5, 0.6) is 5.75 Å². The van der Waals surface area contributed by atoms with E-state index in [2.05, 4.69) is 26.1 Å². The van der Waals surface area contributed by atoms with E-state index in [1.165, 1.54) is 14.2 Å². The molecule has 1 saturated carbocycles. The Kier molecular flexibility index (Phi) is 6.91. The first-order valence-corrected chi connectivity index (χ1v) is 11.0. The zero-order valence-corrected chi connectivity index (χ0v) is 19.5. The number of carbonyl (C=O) groups excluding carboxylic acids is 3.